The third-order valence-electron chi connectivity index (χ3n) is 5.53. The smallest absolute Gasteiger partial charge is 0.109 e. The number of hydrogen-bond acceptors (Lipinski definition) is 6. The molecular weight excluding hydrogens is 358 g/mol. The molecule has 6 nitrogen and oxygen atoms in total. The number of likely N-dealkylation sites (tertiary alicyclic amines) is 1. The van der Waals surface area contributed by atoms with Crippen molar-refractivity contribution in [1.29, 1.82) is 0 Å². The standard InChI is InChI=1S/C22H31NO5/c24-14-19-21(26)22(27)20(25)13-23(19)10-4-1-5-11-28-15-16-8-9-17-6-2-3-7-18(17)12-16/h2-3,6-9,12,19-22,24-27H,1,4-5,10-11,13-15H2/t19-,20+,21-,22-/m1/s1. The average molecular weight is 389 g/mol. The molecule has 0 aromatic heterocycles. The summed E-state index contributed by atoms with van der Waals surface area (Å²) in [6, 6.07) is 14.1. The highest BCUT2D eigenvalue weighted by Crippen LogP contribution is 2.20. The maximum absolute atomic E-state index is 9.99. The van der Waals surface area contributed by atoms with Gasteiger partial charge in [0.25, 0.3) is 0 Å². The van der Waals surface area contributed by atoms with E-state index in [0.717, 1.165) is 19.3 Å². The zero-order valence-electron chi connectivity index (χ0n) is 16.2. The zero-order valence-corrected chi connectivity index (χ0v) is 16.2. The summed E-state index contributed by atoms with van der Waals surface area (Å²) < 4.78 is 5.78. The van der Waals surface area contributed by atoms with Crippen LogP contribution in [0.2, 0.25) is 0 Å². The van der Waals surface area contributed by atoms with Gasteiger partial charge in [0.05, 0.1) is 25.4 Å². The number of fused-ring (bicyclic) bond motifs is 1. The molecule has 4 N–H and O–H groups in total. The van der Waals surface area contributed by atoms with Crippen molar-refractivity contribution in [2.24, 2.45) is 0 Å². The Kier molecular flexibility index (Phi) is 7.79. The number of piperidine rings is 1. The number of ether oxygens (including phenoxy) is 1. The number of β-amino-alcohol motifs (C(OH)–C–C–N with tert-alkyl or cyclic N) is 1. The Morgan fingerprint density at radius 2 is 1.71 bits per heavy atom. The van der Waals surface area contributed by atoms with Gasteiger partial charge in [-0.05, 0) is 48.2 Å². The molecule has 6 heteroatoms. The van der Waals surface area contributed by atoms with Crippen molar-refractivity contribution in [2.45, 2.75) is 50.2 Å². The summed E-state index contributed by atoms with van der Waals surface area (Å²) in [6.07, 6.45) is -0.537. The summed E-state index contributed by atoms with van der Waals surface area (Å²) in [5, 5.41) is 41.5. The summed E-state index contributed by atoms with van der Waals surface area (Å²) in [5.41, 5.74) is 1.17. The molecule has 1 saturated heterocycles. The van der Waals surface area contributed by atoms with Crippen LogP contribution in [0.4, 0.5) is 0 Å². The number of benzene rings is 2. The fourth-order valence-electron chi connectivity index (χ4n) is 3.85. The maximum atomic E-state index is 9.99. The molecule has 1 heterocycles. The van der Waals surface area contributed by atoms with Crippen molar-refractivity contribution in [3.05, 3.63) is 48.0 Å². The first kappa shape index (κ1) is 21.2. The second-order valence-corrected chi connectivity index (χ2v) is 7.59. The second-order valence-electron chi connectivity index (χ2n) is 7.59. The Morgan fingerprint density at radius 1 is 0.929 bits per heavy atom. The van der Waals surface area contributed by atoms with E-state index in [1.165, 1.54) is 16.3 Å². The first-order chi connectivity index (χ1) is 13.6. The van der Waals surface area contributed by atoms with Crippen molar-refractivity contribution in [1.82, 2.24) is 4.90 Å². The van der Waals surface area contributed by atoms with E-state index in [-0.39, 0.29) is 13.2 Å². The molecule has 0 spiro atoms. The number of aliphatic hydroxyl groups is 4. The van der Waals surface area contributed by atoms with Crippen LogP contribution in [-0.4, -0.2) is 76.0 Å². The maximum Gasteiger partial charge on any atom is 0.109 e. The minimum absolute atomic E-state index is 0.236. The van der Waals surface area contributed by atoms with Crippen molar-refractivity contribution in [2.75, 3.05) is 26.3 Å². The predicted molar refractivity (Wildman–Crippen MR) is 108 cm³/mol. The zero-order chi connectivity index (χ0) is 19.9. The summed E-state index contributed by atoms with van der Waals surface area (Å²) in [7, 11) is 0. The Bertz CT molecular complexity index is 740. The number of nitrogens with zero attached hydrogens (tertiary/aromatic N) is 1. The highest BCUT2D eigenvalue weighted by Gasteiger charge is 2.40. The number of hydrogen-bond donors (Lipinski definition) is 4. The molecule has 4 atom stereocenters. The Balaban J connectivity index is 1.33. The lowest BCUT2D eigenvalue weighted by atomic mass is 9.94. The molecule has 2 aromatic carbocycles. The van der Waals surface area contributed by atoms with E-state index in [4.69, 9.17) is 4.74 Å². The van der Waals surface area contributed by atoms with Crippen LogP contribution in [0, 0.1) is 0 Å². The second kappa shape index (κ2) is 10.3. The quantitative estimate of drug-likeness (QED) is 0.483. The molecule has 0 bridgehead atoms. The first-order valence-corrected chi connectivity index (χ1v) is 10.0. The van der Waals surface area contributed by atoms with Crippen molar-refractivity contribution in [3.8, 4) is 0 Å². The third-order valence-corrected chi connectivity index (χ3v) is 5.53. The topological polar surface area (TPSA) is 93.4 Å². The summed E-state index contributed by atoms with van der Waals surface area (Å²) >= 11 is 0. The Labute approximate surface area is 166 Å². The lowest BCUT2D eigenvalue weighted by Gasteiger charge is -2.43. The third kappa shape index (κ3) is 5.29. The van der Waals surface area contributed by atoms with E-state index >= 15 is 0 Å². The average Bonchev–Trinajstić information content (AvgIpc) is 2.71. The SMILES string of the molecule is OC[C@@H]1[C@@H](O)[C@H](O)[C@@H](O)CN1CCCCCOCc1ccc2ccccc2c1. The minimum Gasteiger partial charge on any atom is -0.395 e. The minimum atomic E-state index is -1.20. The molecule has 0 unspecified atom stereocenters. The highest BCUT2D eigenvalue weighted by molar-refractivity contribution is 5.82. The normalized spacial score (nSPS) is 26.0. The molecule has 0 radical (unpaired) electrons. The molecule has 2 aromatic rings. The molecule has 0 amide bonds. The predicted octanol–water partition coefficient (Wildman–Crippen LogP) is 1.29. The number of rotatable bonds is 9. The van der Waals surface area contributed by atoms with Crippen LogP contribution in [-0.2, 0) is 11.3 Å². The van der Waals surface area contributed by atoms with E-state index < -0.39 is 24.4 Å². The van der Waals surface area contributed by atoms with Crippen LogP contribution < -0.4 is 0 Å². The monoisotopic (exact) mass is 389 g/mol. The van der Waals surface area contributed by atoms with Gasteiger partial charge in [0.1, 0.15) is 12.2 Å². The molecular formula is C22H31NO5. The fraction of sp³-hybridized carbons (Fsp3) is 0.545. The van der Waals surface area contributed by atoms with Gasteiger partial charge in [0, 0.05) is 13.2 Å². The molecule has 28 heavy (non-hydrogen) atoms. The van der Waals surface area contributed by atoms with Crippen LogP contribution in [0.15, 0.2) is 42.5 Å². The van der Waals surface area contributed by atoms with Gasteiger partial charge in [-0.3, -0.25) is 4.90 Å². The fourth-order valence-corrected chi connectivity index (χ4v) is 3.85. The molecule has 1 aliphatic rings. The van der Waals surface area contributed by atoms with Gasteiger partial charge in [-0.25, -0.2) is 0 Å². The van der Waals surface area contributed by atoms with Crippen LogP contribution in [0.3, 0.4) is 0 Å². The van der Waals surface area contributed by atoms with Crippen molar-refractivity contribution >= 4 is 10.8 Å². The lowest BCUT2D eigenvalue weighted by molar-refractivity contribution is -0.145. The molecule has 1 aliphatic heterocycles. The van der Waals surface area contributed by atoms with Crippen molar-refractivity contribution in [3.63, 3.8) is 0 Å². The van der Waals surface area contributed by atoms with E-state index in [9.17, 15) is 20.4 Å². The molecule has 3 rings (SSSR count). The molecule has 0 aliphatic carbocycles. The van der Waals surface area contributed by atoms with E-state index in [1.54, 1.807) is 0 Å². The van der Waals surface area contributed by atoms with Crippen LogP contribution in [0.25, 0.3) is 10.8 Å². The van der Waals surface area contributed by atoms with Gasteiger partial charge in [-0.15, -0.1) is 0 Å². The Morgan fingerprint density at radius 3 is 2.50 bits per heavy atom. The Hall–Kier alpha value is -1.54. The number of unbranched alkanes of at least 4 members (excludes halogenated alkanes) is 2. The van der Waals surface area contributed by atoms with Crippen LogP contribution in [0.5, 0.6) is 0 Å². The summed E-state index contributed by atoms with van der Waals surface area (Å²) in [6.45, 7) is 1.97. The van der Waals surface area contributed by atoms with Crippen molar-refractivity contribution < 1.29 is 25.2 Å². The lowest BCUT2D eigenvalue weighted by Crippen LogP contribution is -2.62. The van der Waals surface area contributed by atoms with Gasteiger partial charge < -0.3 is 25.2 Å². The van der Waals surface area contributed by atoms with Gasteiger partial charge in [0.2, 0.25) is 0 Å². The van der Waals surface area contributed by atoms with E-state index in [1.807, 2.05) is 17.0 Å². The number of aliphatic hydroxyl groups excluding tert-OH is 4. The van der Waals surface area contributed by atoms with Gasteiger partial charge in [-0.1, -0.05) is 36.4 Å². The molecule has 0 saturated carbocycles. The summed E-state index contributed by atoms with van der Waals surface area (Å²) in [5.74, 6) is 0. The first-order valence-electron chi connectivity index (χ1n) is 10.0. The summed E-state index contributed by atoms with van der Waals surface area (Å²) in [4.78, 5) is 1.86. The van der Waals surface area contributed by atoms with E-state index in [0.29, 0.717) is 19.8 Å². The van der Waals surface area contributed by atoms with E-state index in [2.05, 4.69) is 30.3 Å². The van der Waals surface area contributed by atoms with Gasteiger partial charge in [-0.2, -0.15) is 0 Å². The van der Waals surface area contributed by atoms with Gasteiger partial charge >= 0.3 is 0 Å². The molecule has 154 valence electrons. The van der Waals surface area contributed by atoms with Crippen LogP contribution >= 0.6 is 0 Å². The van der Waals surface area contributed by atoms with Gasteiger partial charge in [0.15, 0.2) is 0 Å². The molecule has 1 fully saturated rings. The van der Waals surface area contributed by atoms with Crippen LogP contribution in [0.1, 0.15) is 24.8 Å². The largest absolute Gasteiger partial charge is 0.395 e. The highest BCUT2D eigenvalue weighted by atomic mass is 16.5.